The molecule has 214 valence electrons. The van der Waals surface area contributed by atoms with Crippen LogP contribution in [0.5, 0.6) is 0 Å². The Labute approximate surface area is 261 Å². The second kappa shape index (κ2) is 9.63. The van der Waals surface area contributed by atoms with Gasteiger partial charge in [0, 0.05) is 38.4 Å². The fraction of sp³-hybridized carbons (Fsp3) is 0.0732. The van der Waals surface area contributed by atoms with Crippen LogP contribution in [0.3, 0.4) is 0 Å². The van der Waals surface area contributed by atoms with Crippen LogP contribution in [-0.2, 0) is 5.41 Å². The predicted octanol–water partition coefficient (Wildman–Crippen LogP) is 10.5. The van der Waals surface area contributed by atoms with E-state index in [1.807, 2.05) is 48.9 Å². The lowest BCUT2D eigenvalue weighted by Gasteiger charge is -2.31. The van der Waals surface area contributed by atoms with E-state index in [0.717, 1.165) is 45.2 Å². The minimum atomic E-state index is -0.141. The zero-order valence-electron chi connectivity index (χ0n) is 25.0. The molecule has 4 heterocycles. The van der Waals surface area contributed by atoms with Gasteiger partial charge >= 0.3 is 0 Å². The van der Waals surface area contributed by atoms with Crippen LogP contribution in [0.4, 0.5) is 0 Å². The SMILES string of the molecule is CC1(C)c2cocc2-n2c3ccc(-c4cccc(-c5cc(-c6ccccc6)nc(-c6ccccc6)n5)c4)cc3c3cccc1c32. The quantitative estimate of drug-likeness (QED) is 0.208. The predicted molar refractivity (Wildman–Crippen MR) is 183 cm³/mol. The molecule has 0 saturated heterocycles. The van der Waals surface area contributed by atoms with E-state index < -0.39 is 0 Å². The van der Waals surface area contributed by atoms with Gasteiger partial charge in [0.2, 0.25) is 0 Å². The van der Waals surface area contributed by atoms with Crippen molar-refractivity contribution in [1.82, 2.24) is 14.5 Å². The number of hydrogen-bond acceptors (Lipinski definition) is 3. The van der Waals surface area contributed by atoms with E-state index in [0.29, 0.717) is 0 Å². The van der Waals surface area contributed by atoms with Crippen molar-refractivity contribution in [2.24, 2.45) is 0 Å². The van der Waals surface area contributed by atoms with Crippen molar-refractivity contribution in [1.29, 1.82) is 0 Å². The van der Waals surface area contributed by atoms with Gasteiger partial charge in [0.25, 0.3) is 0 Å². The number of furan rings is 1. The number of fused-ring (bicyclic) bond motifs is 5. The van der Waals surface area contributed by atoms with Gasteiger partial charge in [-0.15, -0.1) is 0 Å². The monoisotopic (exact) mass is 579 g/mol. The first-order chi connectivity index (χ1) is 22.1. The van der Waals surface area contributed by atoms with Crippen LogP contribution >= 0.6 is 0 Å². The Morgan fingerprint density at radius 2 is 1.20 bits per heavy atom. The minimum absolute atomic E-state index is 0.141. The van der Waals surface area contributed by atoms with Crippen LogP contribution in [0.2, 0.25) is 0 Å². The van der Waals surface area contributed by atoms with Crippen LogP contribution < -0.4 is 0 Å². The van der Waals surface area contributed by atoms with Gasteiger partial charge in [-0.05, 0) is 41.0 Å². The maximum absolute atomic E-state index is 5.77. The maximum atomic E-state index is 5.77. The molecule has 9 rings (SSSR count). The molecule has 1 aliphatic heterocycles. The van der Waals surface area contributed by atoms with Gasteiger partial charge in [-0.3, -0.25) is 0 Å². The van der Waals surface area contributed by atoms with Crippen LogP contribution in [0, 0.1) is 0 Å². The lowest BCUT2D eigenvalue weighted by Crippen LogP contribution is -2.24. The highest BCUT2D eigenvalue weighted by molar-refractivity contribution is 6.12. The fourth-order valence-electron chi connectivity index (χ4n) is 7.01. The molecule has 0 saturated carbocycles. The second-order valence-electron chi connectivity index (χ2n) is 12.3. The summed E-state index contributed by atoms with van der Waals surface area (Å²) in [6.07, 6.45) is 3.79. The molecule has 0 aliphatic carbocycles. The van der Waals surface area contributed by atoms with Gasteiger partial charge in [0.05, 0.1) is 34.4 Å². The molecule has 45 heavy (non-hydrogen) atoms. The molecule has 0 spiro atoms. The molecule has 4 heteroatoms. The summed E-state index contributed by atoms with van der Waals surface area (Å²) < 4.78 is 8.15. The van der Waals surface area contributed by atoms with Crippen molar-refractivity contribution in [3.05, 3.63) is 151 Å². The molecule has 8 aromatic rings. The van der Waals surface area contributed by atoms with E-state index in [1.165, 1.54) is 38.5 Å². The molecule has 0 fully saturated rings. The lowest BCUT2D eigenvalue weighted by atomic mass is 9.76. The van der Waals surface area contributed by atoms with Crippen molar-refractivity contribution < 1.29 is 4.42 Å². The van der Waals surface area contributed by atoms with E-state index in [1.54, 1.807) is 0 Å². The first-order valence-corrected chi connectivity index (χ1v) is 15.3. The van der Waals surface area contributed by atoms with Gasteiger partial charge in [-0.1, -0.05) is 117 Å². The molecule has 3 aromatic heterocycles. The average Bonchev–Trinajstić information content (AvgIpc) is 3.72. The molecule has 0 unspecified atom stereocenters. The normalized spacial score (nSPS) is 13.3. The number of rotatable bonds is 4. The van der Waals surface area contributed by atoms with Gasteiger partial charge < -0.3 is 8.98 Å². The lowest BCUT2D eigenvalue weighted by molar-refractivity contribution is 0.550. The van der Waals surface area contributed by atoms with Crippen molar-refractivity contribution in [3.63, 3.8) is 0 Å². The summed E-state index contributed by atoms with van der Waals surface area (Å²) in [7, 11) is 0. The Balaban J connectivity index is 1.20. The summed E-state index contributed by atoms with van der Waals surface area (Å²) in [5, 5.41) is 2.50. The number of para-hydroxylation sites is 1. The molecular weight excluding hydrogens is 550 g/mol. The highest BCUT2D eigenvalue weighted by Crippen LogP contribution is 2.48. The third kappa shape index (κ3) is 3.92. The molecule has 0 N–H and O–H groups in total. The van der Waals surface area contributed by atoms with E-state index in [-0.39, 0.29) is 5.41 Å². The third-order valence-electron chi connectivity index (χ3n) is 9.34. The van der Waals surface area contributed by atoms with Crippen molar-refractivity contribution in [2.45, 2.75) is 19.3 Å². The topological polar surface area (TPSA) is 43.9 Å². The number of hydrogen-bond donors (Lipinski definition) is 0. The summed E-state index contributed by atoms with van der Waals surface area (Å²) in [5.74, 6) is 0.717. The van der Waals surface area contributed by atoms with Crippen molar-refractivity contribution in [2.75, 3.05) is 0 Å². The molecule has 4 nitrogen and oxygen atoms in total. The highest BCUT2D eigenvalue weighted by atomic mass is 16.3. The molecule has 1 aliphatic rings. The molecule has 0 radical (unpaired) electrons. The Morgan fingerprint density at radius 1 is 0.533 bits per heavy atom. The average molecular weight is 580 g/mol. The zero-order chi connectivity index (χ0) is 30.1. The summed E-state index contributed by atoms with van der Waals surface area (Å²) in [6.45, 7) is 4.57. The first kappa shape index (κ1) is 25.7. The first-order valence-electron chi connectivity index (χ1n) is 15.3. The van der Waals surface area contributed by atoms with Gasteiger partial charge in [0.15, 0.2) is 5.82 Å². The van der Waals surface area contributed by atoms with Gasteiger partial charge in [-0.2, -0.15) is 0 Å². The van der Waals surface area contributed by atoms with Gasteiger partial charge in [-0.25, -0.2) is 9.97 Å². The van der Waals surface area contributed by atoms with E-state index in [4.69, 9.17) is 14.4 Å². The number of aromatic nitrogens is 3. The molecule has 0 bridgehead atoms. The van der Waals surface area contributed by atoms with Crippen LogP contribution in [0.15, 0.2) is 144 Å². The largest absolute Gasteiger partial charge is 0.470 e. The second-order valence-corrected chi connectivity index (χ2v) is 12.3. The fourth-order valence-corrected chi connectivity index (χ4v) is 7.01. The summed E-state index contributed by atoms with van der Waals surface area (Å²) >= 11 is 0. The Morgan fingerprint density at radius 3 is 2.00 bits per heavy atom. The molecule has 0 atom stereocenters. The molecule has 0 amide bonds. The van der Waals surface area contributed by atoms with E-state index >= 15 is 0 Å². The number of benzene rings is 5. The highest BCUT2D eigenvalue weighted by Gasteiger charge is 2.36. The van der Waals surface area contributed by atoms with Crippen molar-refractivity contribution >= 4 is 21.8 Å². The third-order valence-corrected chi connectivity index (χ3v) is 9.34. The Kier molecular flexibility index (Phi) is 5.51. The smallest absolute Gasteiger partial charge is 0.160 e. The summed E-state index contributed by atoms with van der Waals surface area (Å²) in [4.78, 5) is 10.0. The van der Waals surface area contributed by atoms with Crippen LogP contribution in [0.25, 0.3) is 72.5 Å². The van der Waals surface area contributed by atoms with E-state index in [9.17, 15) is 0 Å². The number of nitrogens with zero attached hydrogens (tertiary/aromatic N) is 3. The van der Waals surface area contributed by atoms with Crippen LogP contribution in [-0.4, -0.2) is 14.5 Å². The molecule has 5 aromatic carbocycles. The summed E-state index contributed by atoms with van der Waals surface area (Å²) in [5.41, 5.74) is 13.2. The standard InChI is InChI=1S/C41H29N3O/c1-41(2)33-18-10-17-31-32-22-29(19-20-37(32)44(39(31)33)38-25-45-24-34(38)41)28-15-9-16-30(21-28)36-23-35(26-11-5-3-6-12-26)42-40(43-36)27-13-7-4-8-14-27/h3-25H,1-2H3. The van der Waals surface area contributed by atoms with E-state index in [2.05, 4.69) is 109 Å². The zero-order valence-corrected chi connectivity index (χ0v) is 25.0. The Bertz CT molecular complexity index is 2340. The van der Waals surface area contributed by atoms with Crippen LogP contribution in [0.1, 0.15) is 25.0 Å². The molecular formula is C41H29N3O. The minimum Gasteiger partial charge on any atom is -0.470 e. The maximum Gasteiger partial charge on any atom is 0.160 e. The van der Waals surface area contributed by atoms with Crippen molar-refractivity contribution in [3.8, 4) is 50.7 Å². The van der Waals surface area contributed by atoms with Gasteiger partial charge in [0.1, 0.15) is 6.26 Å². The Hall–Kier alpha value is -5.74. The summed E-state index contributed by atoms with van der Waals surface area (Å²) in [6, 6.07) is 44.8.